The van der Waals surface area contributed by atoms with Gasteiger partial charge in [0.1, 0.15) is 0 Å². The maximum absolute atomic E-state index is 12.2. The molecule has 1 atom stereocenters. The van der Waals surface area contributed by atoms with Gasteiger partial charge in [0.25, 0.3) is 5.89 Å². The predicted octanol–water partition coefficient (Wildman–Crippen LogP) is 2.51. The minimum absolute atomic E-state index is 0.0323. The van der Waals surface area contributed by atoms with Crippen LogP contribution >= 0.6 is 0 Å². The van der Waals surface area contributed by atoms with E-state index in [1.165, 1.54) is 0 Å². The highest BCUT2D eigenvalue weighted by Crippen LogP contribution is 2.17. The van der Waals surface area contributed by atoms with Gasteiger partial charge in [-0.1, -0.05) is 23.4 Å². The summed E-state index contributed by atoms with van der Waals surface area (Å²) >= 11 is 0. The number of ether oxygens (including phenoxy) is 2. The smallest absolute Gasteiger partial charge is 0.317 e. The van der Waals surface area contributed by atoms with Crippen LogP contribution in [-0.2, 0) is 15.9 Å². The highest BCUT2D eigenvalue weighted by Gasteiger charge is 2.24. The number of piperidine rings is 1. The molecule has 1 aliphatic rings. The van der Waals surface area contributed by atoms with Crippen molar-refractivity contribution in [2.75, 3.05) is 40.0 Å². The van der Waals surface area contributed by atoms with Gasteiger partial charge in [-0.05, 0) is 31.4 Å². The molecule has 0 radical (unpaired) electrons. The summed E-state index contributed by atoms with van der Waals surface area (Å²) in [5.41, 5.74) is 0.904. The van der Waals surface area contributed by atoms with E-state index in [0.29, 0.717) is 44.4 Å². The Balaban J connectivity index is 1.39. The van der Waals surface area contributed by atoms with Gasteiger partial charge in [-0.15, -0.1) is 0 Å². The lowest BCUT2D eigenvalue weighted by Gasteiger charge is -2.32. The minimum Gasteiger partial charge on any atom is -0.385 e. The first kappa shape index (κ1) is 20.3. The number of likely N-dealkylation sites (tertiary alicyclic amines) is 1. The van der Waals surface area contributed by atoms with Gasteiger partial charge < -0.3 is 24.2 Å². The normalized spacial score (nSPS) is 16.9. The van der Waals surface area contributed by atoms with Gasteiger partial charge in [0.05, 0.1) is 12.7 Å². The van der Waals surface area contributed by atoms with Gasteiger partial charge in [0.2, 0.25) is 0 Å². The molecule has 152 valence electrons. The van der Waals surface area contributed by atoms with Crippen LogP contribution in [0.5, 0.6) is 0 Å². The average molecular weight is 388 g/mol. The molecule has 8 nitrogen and oxygen atoms in total. The standard InChI is InChI=1S/C20H28N4O4/c1-26-13-6-11-21-20(25)24-12-5-9-17(15-24)27-14-10-18-22-19(28-23-18)16-7-3-2-4-8-16/h2-4,7-8,17H,5-6,9-15H2,1H3,(H,21,25). The first-order chi connectivity index (χ1) is 13.8. The molecule has 0 spiro atoms. The SMILES string of the molecule is COCCCNC(=O)N1CCCC(OCCc2noc(-c3ccccc3)n2)C1. The fraction of sp³-hybridized carbons (Fsp3) is 0.550. The van der Waals surface area contributed by atoms with Gasteiger partial charge in [-0.2, -0.15) is 4.98 Å². The molecule has 1 aliphatic heterocycles. The van der Waals surface area contributed by atoms with Gasteiger partial charge in [-0.3, -0.25) is 0 Å². The second-order valence-electron chi connectivity index (χ2n) is 6.79. The maximum Gasteiger partial charge on any atom is 0.317 e. The largest absolute Gasteiger partial charge is 0.385 e. The van der Waals surface area contributed by atoms with Crippen molar-refractivity contribution in [3.05, 3.63) is 36.2 Å². The number of carbonyl (C=O) groups excluding carboxylic acids is 1. The Morgan fingerprint density at radius 2 is 2.18 bits per heavy atom. The van der Waals surface area contributed by atoms with Gasteiger partial charge in [-0.25, -0.2) is 4.79 Å². The van der Waals surface area contributed by atoms with Crippen LogP contribution in [0.1, 0.15) is 25.1 Å². The van der Waals surface area contributed by atoms with Crippen LogP contribution in [0.25, 0.3) is 11.5 Å². The summed E-state index contributed by atoms with van der Waals surface area (Å²) in [4.78, 5) is 18.5. The summed E-state index contributed by atoms with van der Waals surface area (Å²) in [6.07, 6.45) is 3.33. The van der Waals surface area contributed by atoms with Crippen molar-refractivity contribution in [2.45, 2.75) is 31.8 Å². The highest BCUT2D eigenvalue weighted by molar-refractivity contribution is 5.74. The van der Waals surface area contributed by atoms with Crippen molar-refractivity contribution in [2.24, 2.45) is 0 Å². The molecule has 1 aromatic heterocycles. The van der Waals surface area contributed by atoms with Crippen molar-refractivity contribution >= 4 is 6.03 Å². The van der Waals surface area contributed by atoms with Gasteiger partial charge in [0, 0.05) is 45.3 Å². The van der Waals surface area contributed by atoms with Gasteiger partial charge >= 0.3 is 6.03 Å². The fourth-order valence-corrected chi connectivity index (χ4v) is 3.15. The van der Waals surface area contributed by atoms with Crippen LogP contribution in [-0.4, -0.2) is 67.1 Å². The molecule has 1 aromatic carbocycles. The van der Waals surface area contributed by atoms with Crippen LogP contribution in [0.4, 0.5) is 4.79 Å². The zero-order valence-corrected chi connectivity index (χ0v) is 16.3. The number of hydrogen-bond acceptors (Lipinski definition) is 6. The first-order valence-electron chi connectivity index (χ1n) is 9.77. The van der Waals surface area contributed by atoms with E-state index in [2.05, 4.69) is 15.5 Å². The number of nitrogens with zero attached hydrogens (tertiary/aromatic N) is 3. The van der Waals surface area contributed by atoms with Crippen molar-refractivity contribution in [1.82, 2.24) is 20.4 Å². The average Bonchev–Trinajstić information content (AvgIpc) is 3.21. The van der Waals surface area contributed by atoms with E-state index in [0.717, 1.165) is 31.4 Å². The Morgan fingerprint density at radius 3 is 3.00 bits per heavy atom. The Morgan fingerprint density at radius 1 is 1.32 bits per heavy atom. The molecule has 0 bridgehead atoms. The quantitative estimate of drug-likeness (QED) is 0.664. The maximum atomic E-state index is 12.2. The number of rotatable bonds is 9. The summed E-state index contributed by atoms with van der Waals surface area (Å²) in [5.74, 6) is 1.15. The van der Waals surface area contributed by atoms with Crippen LogP contribution in [0, 0.1) is 0 Å². The van der Waals surface area contributed by atoms with Crippen molar-refractivity contribution in [3.63, 3.8) is 0 Å². The molecule has 1 unspecified atom stereocenters. The van der Waals surface area contributed by atoms with Crippen molar-refractivity contribution in [3.8, 4) is 11.5 Å². The second kappa shape index (κ2) is 10.8. The minimum atomic E-state index is -0.0323. The fourth-order valence-electron chi connectivity index (χ4n) is 3.15. The van der Waals surface area contributed by atoms with E-state index in [-0.39, 0.29) is 12.1 Å². The second-order valence-corrected chi connectivity index (χ2v) is 6.79. The summed E-state index contributed by atoms with van der Waals surface area (Å²) < 4.78 is 16.3. The van der Waals surface area contributed by atoms with E-state index in [1.54, 1.807) is 7.11 Å². The lowest BCUT2D eigenvalue weighted by Crippen LogP contribution is -2.48. The number of hydrogen-bond donors (Lipinski definition) is 1. The van der Waals surface area contributed by atoms with Gasteiger partial charge in [0.15, 0.2) is 5.82 Å². The van der Waals surface area contributed by atoms with E-state index in [1.807, 2.05) is 35.2 Å². The number of nitrogens with one attached hydrogen (secondary N) is 1. The summed E-state index contributed by atoms with van der Waals surface area (Å²) in [6.45, 7) is 3.14. The molecule has 2 aromatic rings. The lowest BCUT2D eigenvalue weighted by atomic mass is 10.1. The number of aromatic nitrogens is 2. The Kier molecular flexibility index (Phi) is 7.81. The highest BCUT2D eigenvalue weighted by atomic mass is 16.5. The molecule has 28 heavy (non-hydrogen) atoms. The summed E-state index contributed by atoms with van der Waals surface area (Å²) in [7, 11) is 1.66. The number of benzene rings is 1. The molecule has 0 aliphatic carbocycles. The molecular formula is C20H28N4O4. The number of urea groups is 1. The summed E-state index contributed by atoms with van der Waals surface area (Å²) in [5, 5.41) is 6.94. The van der Waals surface area contributed by atoms with Crippen LogP contribution in [0.2, 0.25) is 0 Å². The zero-order chi connectivity index (χ0) is 19.6. The Hall–Kier alpha value is -2.45. The molecule has 2 amide bonds. The van der Waals surface area contributed by atoms with Crippen molar-refractivity contribution < 1.29 is 18.8 Å². The van der Waals surface area contributed by atoms with E-state index in [9.17, 15) is 4.79 Å². The van der Waals surface area contributed by atoms with E-state index in [4.69, 9.17) is 14.0 Å². The topological polar surface area (TPSA) is 89.7 Å². The molecule has 1 N–H and O–H groups in total. The molecule has 1 saturated heterocycles. The lowest BCUT2D eigenvalue weighted by molar-refractivity contribution is 0.0105. The van der Waals surface area contributed by atoms with E-state index >= 15 is 0 Å². The third kappa shape index (κ3) is 6.03. The monoisotopic (exact) mass is 388 g/mol. The van der Waals surface area contributed by atoms with E-state index < -0.39 is 0 Å². The molecule has 0 saturated carbocycles. The molecule has 8 heteroatoms. The number of carbonyl (C=O) groups is 1. The Labute approximate surface area is 165 Å². The number of methoxy groups -OCH3 is 1. The molecule has 1 fully saturated rings. The Bertz CT molecular complexity index is 722. The third-order valence-corrected chi connectivity index (χ3v) is 4.63. The van der Waals surface area contributed by atoms with Crippen LogP contribution < -0.4 is 5.32 Å². The number of amides is 2. The molecular weight excluding hydrogens is 360 g/mol. The molecule has 2 heterocycles. The summed E-state index contributed by atoms with van der Waals surface area (Å²) in [6, 6.07) is 9.66. The predicted molar refractivity (Wildman–Crippen MR) is 104 cm³/mol. The third-order valence-electron chi connectivity index (χ3n) is 4.63. The van der Waals surface area contributed by atoms with Crippen LogP contribution in [0.15, 0.2) is 34.9 Å². The van der Waals surface area contributed by atoms with Crippen molar-refractivity contribution in [1.29, 1.82) is 0 Å². The first-order valence-corrected chi connectivity index (χ1v) is 9.77. The van der Waals surface area contributed by atoms with Crippen LogP contribution in [0.3, 0.4) is 0 Å². The molecule has 3 rings (SSSR count). The zero-order valence-electron chi connectivity index (χ0n) is 16.3.